The summed E-state index contributed by atoms with van der Waals surface area (Å²) in [5, 5.41) is 13.3. The number of halogens is 1. The van der Waals surface area contributed by atoms with E-state index in [1.165, 1.54) is 17.4 Å². The molecule has 0 aliphatic carbocycles. The highest BCUT2D eigenvalue weighted by molar-refractivity contribution is 9.11. The van der Waals surface area contributed by atoms with Crippen LogP contribution in [-0.2, 0) is 4.74 Å². The van der Waals surface area contributed by atoms with Crippen LogP contribution >= 0.6 is 27.3 Å². The fourth-order valence-electron chi connectivity index (χ4n) is 3.67. The van der Waals surface area contributed by atoms with Crippen LogP contribution in [0.15, 0.2) is 28.1 Å². The number of ether oxygens (including phenoxy) is 1. The highest BCUT2D eigenvalue weighted by Gasteiger charge is 2.29. The average molecular weight is 521 g/mol. The standard InChI is InChI=1S/C22H25BrN4O4S/c1-22(2,3)31-21(30)27-10-4-5-12(11-27)24-20(29)13-6-7-14(28)18-17(13)25-19(26-18)15-8-9-16(23)32-15/h6-9,12,28H,4-5,10-11H2,1-3H3,(H,24,29)(H,25,26). The Hall–Kier alpha value is -2.59. The van der Waals surface area contributed by atoms with Gasteiger partial charge in [0.25, 0.3) is 5.91 Å². The molecule has 0 radical (unpaired) electrons. The second-order valence-corrected chi connectivity index (χ2v) is 11.2. The zero-order valence-corrected chi connectivity index (χ0v) is 20.5. The van der Waals surface area contributed by atoms with Crippen LogP contribution in [0, 0.1) is 0 Å². The molecular formula is C22H25BrN4O4S. The summed E-state index contributed by atoms with van der Waals surface area (Å²) in [6.45, 7) is 6.48. The minimum Gasteiger partial charge on any atom is -0.506 e. The van der Waals surface area contributed by atoms with Gasteiger partial charge in [0.1, 0.15) is 28.2 Å². The summed E-state index contributed by atoms with van der Waals surface area (Å²) in [6, 6.07) is 6.68. The number of hydrogen-bond donors (Lipinski definition) is 3. The molecule has 10 heteroatoms. The summed E-state index contributed by atoms with van der Waals surface area (Å²) in [7, 11) is 0. The van der Waals surface area contributed by atoms with Crippen molar-refractivity contribution in [2.24, 2.45) is 0 Å². The number of imidazole rings is 1. The van der Waals surface area contributed by atoms with Crippen molar-refractivity contribution in [2.75, 3.05) is 13.1 Å². The Labute approximate surface area is 198 Å². The average Bonchev–Trinajstić information content (AvgIpc) is 3.34. The summed E-state index contributed by atoms with van der Waals surface area (Å²) in [6.07, 6.45) is 1.17. The smallest absolute Gasteiger partial charge is 0.410 e. The van der Waals surface area contributed by atoms with E-state index in [4.69, 9.17) is 4.74 Å². The summed E-state index contributed by atoms with van der Waals surface area (Å²) >= 11 is 4.94. The van der Waals surface area contributed by atoms with E-state index in [1.54, 1.807) is 11.0 Å². The number of rotatable bonds is 3. The normalized spacial score (nSPS) is 16.9. The van der Waals surface area contributed by atoms with Crippen molar-refractivity contribution in [1.82, 2.24) is 20.2 Å². The number of aromatic amines is 1. The number of hydrogen-bond acceptors (Lipinski definition) is 6. The van der Waals surface area contributed by atoms with E-state index < -0.39 is 5.60 Å². The van der Waals surface area contributed by atoms with E-state index >= 15 is 0 Å². The molecule has 2 aromatic heterocycles. The molecule has 3 heterocycles. The van der Waals surface area contributed by atoms with Gasteiger partial charge in [-0.1, -0.05) is 0 Å². The Kier molecular flexibility index (Phi) is 6.17. The predicted molar refractivity (Wildman–Crippen MR) is 127 cm³/mol. The Morgan fingerprint density at radius 1 is 1.31 bits per heavy atom. The van der Waals surface area contributed by atoms with Gasteiger partial charge in [-0.15, -0.1) is 11.3 Å². The number of nitrogens with one attached hydrogen (secondary N) is 2. The van der Waals surface area contributed by atoms with Crippen LogP contribution in [0.25, 0.3) is 21.7 Å². The number of phenols is 1. The van der Waals surface area contributed by atoms with Crippen LogP contribution in [0.4, 0.5) is 4.79 Å². The monoisotopic (exact) mass is 520 g/mol. The minimum atomic E-state index is -0.569. The van der Waals surface area contributed by atoms with E-state index in [1.807, 2.05) is 32.9 Å². The Balaban J connectivity index is 1.53. The zero-order valence-electron chi connectivity index (χ0n) is 18.1. The first-order valence-corrected chi connectivity index (χ1v) is 12.0. The van der Waals surface area contributed by atoms with Crippen LogP contribution in [0.3, 0.4) is 0 Å². The number of amides is 2. The van der Waals surface area contributed by atoms with E-state index in [9.17, 15) is 14.7 Å². The number of likely N-dealkylation sites (tertiary alicyclic amines) is 1. The number of fused-ring (bicyclic) bond motifs is 1. The molecule has 1 aliphatic heterocycles. The lowest BCUT2D eigenvalue weighted by Crippen LogP contribution is -2.50. The third kappa shape index (κ3) is 4.91. The Bertz CT molecular complexity index is 1170. The first-order valence-electron chi connectivity index (χ1n) is 10.4. The lowest BCUT2D eigenvalue weighted by atomic mass is 10.0. The summed E-state index contributed by atoms with van der Waals surface area (Å²) < 4.78 is 6.42. The van der Waals surface area contributed by atoms with Gasteiger partial charge in [0.2, 0.25) is 0 Å². The topological polar surface area (TPSA) is 108 Å². The molecule has 1 aromatic carbocycles. The van der Waals surface area contributed by atoms with Gasteiger partial charge >= 0.3 is 6.09 Å². The van der Waals surface area contributed by atoms with Gasteiger partial charge in [-0.25, -0.2) is 9.78 Å². The third-order valence-electron chi connectivity index (χ3n) is 5.08. The molecule has 0 saturated carbocycles. The first kappa shape index (κ1) is 22.6. The van der Waals surface area contributed by atoms with Crippen LogP contribution in [-0.4, -0.2) is 56.7 Å². The Morgan fingerprint density at radius 3 is 2.78 bits per heavy atom. The number of nitrogens with zero attached hydrogens (tertiary/aromatic N) is 2. The number of thiophene rings is 1. The molecule has 0 bridgehead atoms. The van der Waals surface area contributed by atoms with Crippen LogP contribution < -0.4 is 5.32 Å². The molecule has 0 spiro atoms. The summed E-state index contributed by atoms with van der Waals surface area (Å²) in [5.41, 5.74) is 0.615. The maximum Gasteiger partial charge on any atom is 0.410 e. The molecule has 1 aliphatic rings. The van der Waals surface area contributed by atoms with Crippen molar-refractivity contribution in [3.05, 3.63) is 33.6 Å². The van der Waals surface area contributed by atoms with E-state index in [0.717, 1.165) is 21.5 Å². The van der Waals surface area contributed by atoms with Gasteiger partial charge in [-0.05, 0) is 73.8 Å². The van der Waals surface area contributed by atoms with E-state index in [2.05, 4.69) is 31.2 Å². The van der Waals surface area contributed by atoms with Crippen LogP contribution in [0.5, 0.6) is 5.75 Å². The molecule has 32 heavy (non-hydrogen) atoms. The molecule has 1 atom stereocenters. The number of benzene rings is 1. The maximum atomic E-state index is 13.1. The molecule has 1 fully saturated rings. The zero-order chi connectivity index (χ0) is 23.0. The van der Waals surface area contributed by atoms with Gasteiger partial charge < -0.3 is 25.0 Å². The molecule has 170 valence electrons. The van der Waals surface area contributed by atoms with Gasteiger partial charge in [-0.3, -0.25) is 4.79 Å². The van der Waals surface area contributed by atoms with Crippen LogP contribution in [0.2, 0.25) is 0 Å². The predicted octanol–water partition coefficient (Wildman–Crippen LogP) is 4.89. The molecule has 3 N–H and O–H groups in total. The second-order valence-electron chi connectivity index (χ2n) is 8.78. The fraction of sp³-hybridized carbons (Fsp3) is 0.409. The number of piperidine rings is 1. The Morgan fingerprint density at radius 2 is 2.09 bits per heavy atom. The van der Waals surface area contributed by atoms with Gasteiger partial charge in [0, 0.05) is 19.1 Å². The lowest BCUT2D eigenvalue weighted by Gasteiger charge is -2.34. The number of phenolic OH excluding ortho intramolecular Hbond substituents is 1. The number of carbonyl (C=O) groups excluding carboxylic acids is 2. The number of carbonyl (C=O) groups is 2. The number of aromatic nitrogens is 2. The van der Waals surface area contributed by atoms with E-state index in [-0.39, 0.29) is 23.8 Å². The molecule has 3 aromatic rings. The quantitative estimate of drug-likeness (QED) is 0.455. The minimum absolute atomic E-state index is 0.0275. The van der Waals surface area contributed by atoms with E-state index in [0.29, 0.717) is 35.5 Å². The molecule has 8 nitrogen and oxygen atoms in total. The van der Waals surface area contributed by atoms with Crippen molar-refractivity contribution < 1.29 is 19.4 Å². The molecule has 1 unspecified atom stereocenters. The highest BCUT2D eigenvalue weighted by Crippen LogP contribution is 2.34. The second kappa shape index (κ2) is 8.74. The summed E-state index contributed by atoms with van der Waals surface area (Å²) in [4.78, 5) is 35.7. The van der Waals surface area contributed by atoms with Crippen molar-refractivity contribution in [3.63, 3.8) is 0 Å². The van der Waals surface area contributed by atoms with Crippen molar-refractivity contribution in [1.29, 1.82) is 0 Å². The van der Waals surface area contributed by atoms with Gasteiger partial charge in [0.05, 0.1) is 14.2 Å². The maximum absolute atomic E-state index is 13.1. The largest absolute Gasteiger partial charge is 0.506 e. The lowest BCUT2D eigenvalue weighted by molar-refractivity contribution is 0.0185. The van der Waals surface area contributed by atoms with Gasteiger partial charge in [0.15, 0.2) is 0 Å². The SMILES string of the molecule is CC(C)(C)OC(=O)N1CCCC(NC(=O)c2ccc(O)c3[nH]c(-c4ccc(Br)s4)nc23)C1. The fourth-order valence-corrected chi connectivity index (χ4v) is 5.00. The first-order chi connectivity index (χ1) is 15.1. The highest BCUT2D eigenvalue weighted by atomic mass is 79.9. The van der Waals surface area contributed by atoms with Crippen molar-refractivity contribution >= 4 is 50.3 Å². The van der Waals surface area contributed by atoms with Gasteiger partial charge in [-0.2, -0.15) is 0 Å². The van der Waals surface area contributed by atoms with Crippen molar-refractivity contribution in [2.45, 2.75) is 45.3 Å². The number of H-pyrrole nitrogens is 1. The molecular weight excluding hydrogens is 496 g/mol. The molecule has 1 saturated heterocycles. The van der Waals surface area contributed by atoms with Crippen molar-refractivity contribution in [3.8, 4) is 16.5 Å². The third-order valence-corrected chi connectivity index (χ3v) is 6.71. The number of aromatic hydroxyl groups is 1. The summed E-state index contributed by atoms with van der Waals surface area (Å²) in [5.74, 6) is 0.316. The van der Waals surface area contributed by atoms with Crippen LogP contribution in [0.1, 0.15) is 44.0 Å². The molecule has 4 rings (SSSR count). The molecule has 2 amide bonds.